The molecule has 0 heterocycles. The van der Waals surface area contributed by atoms with Crippen LogP contribution in [0, 0.1) is 11.7 Å². The SMILES string of the molecule is COc1ccc([C@@H](CC(C)C)NC(=O)CSCc2ccccc2F)cc1. The van der Waals surface area contributed by atoms with Gasteiger partial charge in [-0.2, -0.15) is 0 Å². The van der Waals surface area contributed by atoms with Crippen molar-refractivity contribution in [3.05, 3.63) is 65.5 Å². The maximum atomic E-state index is 13.6. The molecule has 0 fully saturated rings. The predicted octanol–water partition coefficient (Wildman–Crippen LogP) is 4.97. The lowest BCUT2D eigenvalue weighted by atomic mass is 9.97. The third-order valence-corrected chi connectivity index (χ3v) is 4.99. The van der Waals surface area contributed by atoms with Crippen LogP contribution in [-0.4, -0.2) is 18.8 Å². The molecule has 0 aliphatic heterocycles. The molecule has 0 saturated carbocycles. The number of hydrogen-bond acceptors (Lipinski definition) is 3. The Morgan fingerprint density at radius 2 is 1.85 bits per heavy atom. The van der Waals surface area contributed by atoms with Crippen LogP contribution in [0.4, 0.5) is 4.39 Å². The molecule has 0 saturated heterocycles. The molecule has 2 rings (SSSR count). The normalized spacial score (nSPS) is 12.0. The Morgan fingerprint density at radius 1 is 1.15 bits per heavy atom. The monoisotopic (exact) mass is 375 g/mol. The summed E-state index contributed by atoms with van der Waals surface area (Å²) in [6.45, 7) is 4.27. The molecule has 0 bridgehead atoms. The van der Waals surface area contributed by atoms with Gasteiger partial charge >= 0.3 is 0 Å². The zero-order chi connectivity index (χ0) is 18.9. The molecule has 26 heavy (non-hydrogen) atoms. The average molecular weight is 376 g/mol. The van der Waals surface area contributed by atoms with Gasteiger partial charge in [0.05, 0.1) is 18.9 Å². The number of rotatable bonds is 9. The largest absolute Gasteiger partial charge is 0.497 e. The number of carbonyl (C=O) groups is 1. The molecule has 3 nitrogen and oxygen atoms in total. The van der Waals surface area contributed by atoms with Gasteiger partial charge in [-0.3, -0.25) is 4.79 Å². The van der Waals surface area contributed by atoms with E-state index in [2.05, 4.69) is 19.2 Å². The maximum absolute atomic E-state index is 13.6. The molecular formula is C21H26FNO2S. The number of nitrogens with one attached hydrogen (secondary N) is 1. The summed E-state index contributed by atoms with van der Waals surface area (Å²) < 4.78 is 18.8. The van der Waals surface area contributed by atoms with Crippen LogP contribution in [-0.2, 0) is 10.5 Å². The van der Waals surface area contributed by atoms with Crippen molar-refractivity contribution in [1.82, 2.24) is 5.32 Å². The van der Waals surface area contributed by atoms with E-state index >= 15 is 0 Å². The molecule has 0 aliphatic rings. The zero-order valence-electron chi connectivity index (χ0n) is 15.5. The van der Waals surface area contributed by atoms with Crippen molar-refractivity contribution >= 4 is 17.7 Å². The van der Waals surface area contributed by atoms with Crippen LogP contribution in [0.2, 0.25) is 0 Å². The average Bonchev–Trinajstić information content (AvgIpc) is 2.62. The number of thioether (sulfide) groups is 1. The van der Waals surface area contributed by atoms with E-state index in [4.69, 9.17) is 4.74 Å². The standard InChI is InChI=1S/C21H26FNO2S/c1-15(2)12-20(16-8-10-18(25-3)11-9-16)23-21(24)14-26-13-17-6-4-5-7-19(17)22/h4-11,15,20H,12-14H2,1-3H3,(H,23,24)/t20-/m1/s1. The van der Waals surface area contributed by atoms with Crippen molar-refractivity contribution in [2.75, 3.05) is 12.9 Å². The first kappa shape index (κ1) is 20.3. The van der Waals surface area contributed by atoms with Crippen molar-refractivity contribution in [2.45, 2.75) is 32.1 Å². The van der Waals surface area contributed by atoms with Crippen LogP contribution in [0.3, 0.4) is 0 Å². The minimum absolute atomic E-state index is 0.0344. The summed E-state index contributed by atoms with van der Waals surface area (Å²) in [6, 6.07) is 14.4. The number of halogens is 1. The first-order valence-electron chi connectivity index (χ1n) is 8.74. The second-order valence-corrected chi connectivity index (χ2v) is 7.59. The van der Waals surface area contributed by atoms with Crippen LogP contribution in [0.15, 0.2) is 48.5 Å². The van der Waals surface area contributed by atoms with E-state index < -0.39 is 0 Å². The fourth-order valence-corrected chi connectivity index (χ4v) is 3.52. The van der Waals surface area contributed by atoms with Crippen LogP contribution >= 0.6 is 11.8 Å². The van der Waals surface area contributed by atoms with Gasteiger partial charge in [0, 0.05) is 5.75 Å². The second-order valence-electron chi connectivity index (χ2n) is 6.61. The van der Waals surface area contributed by atoms with Gasteiger partial charge in [0.25, 0.3) is 0 Å². The summed E-state index contributed by atoms with van der Waals surface area (Å²) in [5, 5.41) is 3.11. The highest BCUT2D eigenvalue weighted by molar-refractivity contribution is 7.99. The van der Waals surface area contributed by atoms with E-state index in [0.29, 0.717) is 23.0 Å². The van der Waals surface area contributed by atoms with Gasteiger partial charge in [-0.1, -0.05) is 44.2 Å². The molecule has 0 aromatic heterocycles. The molecule has 2 aromatic rings. The van der Waals surface area contributed by atoms with E-state index in [-0.39, 0.29) is 17.8 Å². The Balaban J connectivity index is 1.92. The van der Waals surface area contributed by atoms with Gasteiger partial charge in [-0.25, -0.2) is 4.39 Å². The van der Waals surface area contributed by atoms with E-state index in [9.17, 15) is 9.18 Å². The lowest BCUT2D eigenvalue weighted by molar-refractivity contribution is -0.119. The summed E-state index contributed by atoms with van der Waals surface area (Å²) in [5.41, 5.74) is 1.69. The molecule has 0 aliphatic carbocycles. The van der Waals surface area contributed by atoms with E-state index in [1.165, 1.54) is 17.8 Å². The molecule has 2 aromatic carbocycles. The molecule has 0 unspecified atom stereocenters. The van der Waals surface area contributed by atoms with Crippen molar-refractivity contribution in [1.29, 1.82) is 0 Å². The quantitative estimate of drug-likeness (QED) is 0.672. The molecule has 0 spiro atoms. The highest BCUT2D eigenvalue weighted by Crippen LogP contribution is 2.24. The summed E-state index contributed by atoms with van der Waals surface area (Å²) in [7, 11) is 1.63. The van der Waals surface area contributed by atoms with Gasteiger partial charge in [-0.15, -0.1) is 11.8 Å². The van der Waals surface area contributed by atoms with Crippen molar-refractivity contribution < 1.29 is 13.9 Å². The smallest absolute Gasteiger partial charge is 0.230 e. The molecule has 1 amide bonds. The Bertz CT molecular complexity index is 703. The lowest BCUT2D eigenvalue weighted by Gasteiger charge is -2.21. The minimum atomic E-state index is -0.226. The molecule has 1 N–H and O–H groups in total. The number of amides is 1. The number of carbonyl (C=O) groups excluding carboxylic acids is 1. The summed E-state index contributed by atoms with van der Waals surface area (Å²) in [5.74, 6) is 1.78. The van der Waals surface area contributed by atoms with Crippen molar-refractivity contribution in [3.63, 3.8) is 0 Å². The molecule has 0 radical (unpaired) electrons. The molecular weight excluding hydrogens is 349 g/mol. The van der Waals surface area contributed by atoms with Crippen LogP contribution in [0.25, 0.3) is 0 Å². The van der Waals surface area contributed by atoms with Gasteiger partial charge in [-0.05, 0) is 41.7 Å². The minimum Gasteiger partial charge on any atom is -0.497 e. The Kier molecular flexibility index (Phi) is 7.98. The van der Waals surface area contributed by atoms with Crippen LogP contribution in [0.5, 0.6) is 5.75 Å². The predicted molar refractivity (Wildman–Crippen MR) is 106 cm³/mol. The van der Waals surface area contributed by atoms with Crippen molar-refractivity contribution in [3.8, 4) is 5.75 Å². The number of ether oxygens (including phenoxy) is 1. The first-order chi connectivity index (χ1) is 12.5. The third kappa shape index (κ3) is 6.37. The van der Waals surface area contributed by atoms with E-state index in [1.807, 2.05) is 24.3 Å². The Morgan fingerprint density at radius 3 is 2.46 bits per heavy atom. The van der Waals surface area contributed by atoms with Gasteiger partial charge in [0.2, 0.25) is 5.91 Å². The maximum Gasteiger partial charge on any atom is 0.230 e. The summed E-state index contributed by atoms with van der Waals surface area (Å²) >= 11 is 1.42. The number of hydrogen-bond donors (Lipinski definition) is 1. The lowest BCUT2D eigenvalue weighted by Crippen LogP contribution is -2.30. The molecule has 5 heteroatoms. The first-order valence-corrected chi connectivity index (χ1v) is 9.89. The summed E-state index contributed by atoms with van der Waals surface area (Å²) in [4.78, 5) is 12.4. The fourth-order valence-electron chi connectivity index (χ4n) is 2.69. The Hall–Kier alpha value is -2.01. The van der Waals surface area contributed by atoms with Crippen LogP contribution in [0.1, 0.15) is 37.4 Å². The van der Waals surface area contributed by atoms with Crippen molar-refractivity contribution in [2.24, 2.45) is 5.92 Å². The molecule has 1 atom stereocenters. The van der Waals surface area contributed by atoms with Gasteiger partial charge in [0.15, 0.2) is 0 Å². The zero-order valence-corrected chi connectivity index (χ0v) is 16.3. The fraction of sp³-hybridized carbons (Fsp3) is 0.381. The number of methoxy groups -OCH3 is 1. The Labute approximate surface area is 159 Å². The van der Waals surface area contributed by atoms with Crippen LogP contribution < -0.4 is 10.1 Å². The topological polar surface area (TPSA) is 38.3 Å². The number of benzene rings is 2. The highest BCUT2D eigenvalue weighted by atomic mass is 32.2. The summed E-state index contributed by atoms with van der Waals surface area (Å²) in [6.07, 6.45) is 0.857. The second kappa shape index (κ2) is 10.2. The van der Waals surface area contributed by atoms with Gasteiger partial charge in [0.1, 0.15) is 11.6 Å². The van der Waals surface area contributed by atoms with E-state index in [0.717, 1.165) is 17.7 Å². The molecule has 140 valence electrons. The highest BCUT2D eigenvalue weighted by Gasteiger charge is 2.16. The van der Waals surface area contributed by atoms with E-state index in [1.54, 1.807) is 25.3 Å². The third-order valence-electron chi connectivity index (χ3n) is 4.01. The van der Waals surface area contributed by atoms with Gasteiger partial charge < -0.3 is 10.1 Å².